The van der Waals surface area contributed by atoms with Crippen LogP contribution in [0.2, 0.25) is 0 Å². The van der Waals surface area contributed by atoms with Crippen molar-refractivity contribution in [3.63, 3.8) is 0 Å². The van der Waals surface area contributed by atoms with E-state index < -0.39 is 15.6 Å². The number of aromatic nitrogens is 3. The minimum Gasteiger partial charge on any atom is -0.444 e. The summed E-state index contributed by atoms with van der Waals surface area (Å²) in [6.45, 7) is 8.18. The predicted octanol–water partition coefficient (Wildman–Crippen LogP) is 3.62. The summed E-state index contributed by atoms with van der Waals surface area (Å²) in [5.41, 5.74) is 2.04. The number of pyridine rings is 1. The van der Waals surface area contributed by atoms with Gasteiger partial charge in [0, 0.05) is 54.8 Å². The van der Waals surface area contributed by atoms with E-state index in [4.69, 9.17) is 19.4 Å². The van der Waals surface area contributed by atoms with Crippen molar-refractivity contribution in [2.45, 2.75) is 88.4 Å². The smallest absolute Gasteiger partial charge is 0.410 e. The molecule has 0 bridgehead atoms. The zero-order chi connectivity index (χ0) is 28.3. The molecule has 2 aliphatic heterocycles. The predicted molar refractivity (Wildman–Crippen MR) is 151 cm³/mol. The molecule has 0 aromatic carbocycles. The van der Waals surface area contributed by atoms with Gasteiger partial charge in [-0.25, -0.2) is 27.5 Å². The first-order valence-electron chi connectivity index (χ1n) is 14.4. The monoisotopic (exact) mass is 572 g/mol. The molecule has 0 atom stereocenters. The van der Waals surface area contributed by atoms with Crippen molar-refractivity contribution < 1.29 is 22.7 Å². The molecule has 0 unspecified atom stereocenters. The average molecular weight is 573 g/mol. The summed E-state index contributed by atoms with van der Waals surface area (Å²) in [6, 6.07) is 2.24. The number of carbonyl (C=O) groups is 1. The lowest BCUT2D eigenvalue weighted by Crippen LogP contribution is -2.59. The minimum absolute atomic E-state index is 0.110. The van der Waals surface area contributed by atoms with E-state index in [-0.39, 0.29) is 23.7 Å². The van der Waals surface area contributed by atoms with Crippen LogP contribution in [0.25, 0.3) is 10.9 Å². The van der Waals surface area contributed by atoms with Gasteiger partial charge in [0.1, 0.15) is 5.60 Å². The van der Waals surface area contributed by atoms with Gasteiger partial charge < -0.3 is 19.7 Å². The third kappa shape index (κ3) is 5.89. The van der Waals surface area contributed by atoms with E-state index >= 15 is 0 Å². The van der Waals surface area contributed by atoms with Gasteiger partial charge in [0.2, 0.25) is 16.0 Å². The number of hydrogen-bond acceptors (Lipinski definition) is 9. The zero-order valence-electron chi connectivity index (χ0n) is 23.9. The fourth-order valence-electron chi connectivity index (χ4n) is 6.15. The van der Waals surface area contributed by atoms with Crippen molar-refractivity contribution in [2.24, 2.45) is 0 Å². The molecule has 2 saturated carbocycles. The number of nitrogens with zero attached hydrogens (tertiary/aromatic N) is 5. The Balaban J connectivity index is 1.19. The standard InChI is InChI=1S/C28H40N6O5S/c1-27(2,3)39-26(35)33-11-12-38-28(17-33)14-20(15-28)24-23-19(13-22(31-24)18-5-6-18)16-29-25(32-23)30-21-7-9-34(10-8-21)40(4,36)37/h13,16,18,20-21H,5-12,14-15,17H2,1-4H3,(H,29,30,32). The van der Waals surface area contributed by atoms with Crippen molar-refractivity contribution in [3.8, 4) is 0 Å². The third-order valence-corrected chi connectivity index (χ3v) is 9.69. The van der Waals surface area contributed by atoms with Gasteiger partial charge in [-0.2, -0.15) is 0 Å². The molecule has 11 nitrogen and oxygen atoms in total. The summed E-state index contributed by atoms with van der Waals surface area (Å²) in [5, 5.41) is 4.43. The molecule has 40 heavy (non-hydrogen) atoms. The summed E-state index contributed by atoms with van der Waals surface area (Å²) in [7, 11) is -3.17. The third-order valence-electron chi connectivity index (χ3n) is 8.39. The normalized spacial score (nSPS) is 26.6. The fraction of sp³-hybridized carbons (Fsp3) is 0.714. The fourth-order valence-corrected chi connectivity index (χ4v) is 7.02. The second kappa shape index (κ2) is 10.1. The van der Waals surface area contributed by atoms with Crippen LogP contribution < -0.4 is 5.32 Å². The van der Waals surface area contributed by atoms with E-state index in [0.717, 1.165) is 48.0 Å². The molecule has 0 radical (unpaired) electrons. The Kier molecular flexibility index (Phi) is 6.94. The quantitative estimate of drug-likeness (QED) is 0.571. The van der Waals surface area contributed by atoms with Crippen molar-refractivity contribution in [3.05, 3.63) is 23.7 Å². The lowest BCUT2D eigenvalue weighted by molar-refractivity contribution is -0.157. The number of anilines is 1. The lowest BCUT2D eigenvalue weighted by atomic mass is 9.68. The molecule has 1 spiro atoms. The molecule has 4 aliphatic rings. The average Bonchev–Trinajstić information content (AvgIpc) is 3.71. The largest absolute Gasteiger partial charge is 0.444 e. The highest BCUT2D eigenvalue weighted by atomic mass is 32.2. The van der Waals surface area contributed by atoms with Gasteiger partial charge in [-0.3, -0.25) is 4.98 Å². The molecule has 1 amide bonds. The van der Waals surface area contributed by atoms with E-state index in [9.17, 15) is 13.2 Å². The molecular formula is C28H40N6O5S. The molecule has 12 heteroatoms. The van der Waals surface area contributed by atoms with Crippen LogP contribution in [0.1, 0.15) is 82.5 Å². The summed E-state index contributed by atoms with van der Waals surface area (Å²) < 4.78 is 37.1. The van der Waals surface area contributed by atoms with Crippen molar-refractivity contribution in [2.75, 3.05) is 44.4 Å². The maximum Gasteiger partial charge on any atom is 0.410 e. The van der Waals surface area contributed by atoms with Crippen LogP contribution in [-0.2, 0) is 19.5 Å². The number of carbonyl (C=O) groups excluding carboxylic acids is 1. The van der Waals surface area contributed by atoms with Gasteiger partial charge in [0.05, 0.1) is 36.2 Å². The highest BCUT2D eigenvalue weighted by Gasteiger charge is 2.51. The first kappa shape index (κ1) is 27.6. The molecule has 2 aliphatic carbocycles. The molecule has 4 fully saturated rings. The zero-order valence-corrected chi connectivity index (χ0v) is 24.7. The first-order valence-corrected chi connectivity index (χ1v) is 16.2. The topological polar surface area (TPSA) is 127 Å². The Hall–Kier alpha value is -2.57. The molecule has 4 heterocycles. The van der Waals surface area contributed by atoms with Crippen LogP contribution in [-0.4, -0.2) is 95.0 Å². The van der Waals surface area contributed by atoms with Gasteiger partial charge in [0.15, 0.2) is 0 Å². The molecule has 2 aromatic heterocycles. The van der Waals surface area contributed by atoms with Crippen molar-refractivity contribution in [1.29, 1.82) is 0 Å². The number of sulfonamides is 1. The number of fused-ring (bicyclic) bond motifs is 1. The van der Waals surface area contributed by atoms with Crippen LogP contribution in [0, 0.1) is 0 Å². The highest BCUT2D eigenvalue weighted by molar-refractivity contribution is 7.88. The van der Waals surface area contributed by atoms with Crippen LogP contribution in [0.3, 0.4) is 0 Å². The highest BCUT2D eigenvalue weighted by Crippen LogP contribution is 2.50. The summed E-state index contributed by atoms with van der Waals surface area (Å²) in [5.74, 6) is 1.23. The number of hydrogen-bond donors (Lipinski definition) is 1. The second-order valence-electron chi connectivity index (χ2n) is 13.0. The molecule has 1 N–H and O–H groups in total. The number of piperidine rings is 1. The molecule has 2 saturated heterocycles. The Morgan fingerprint density at radius 2 is 1.82 bits per heavy atom. The molecular weight excluding hydrogens is 532 g/mol. The maximum absolute atomic E-state index is 12.7. The van der Waals surface area contributed by atoms with E-state index in [1.54, 1.807) is 4.90 Å². The summed E-state index contributed by atoms with van der Waals surface area (Å²) in [6.07, 6.45) is 8.13. The molecule has 6 rings (SSSR count). The van der Waals surface area contributed by atoms with E-state index in [0.29, 0.717) is 57.5 Å². The van der Waals surface area contributed by atoms with Gasteiger partial charge in [-0.05, 0) is 65.4 Å². The Morgan fingerprint density at radius 1 is 1.10 bits per heavy atom. The number of ether oxygens (including phenoxy) is 2. The number of morpholine rings is 1. The summed E-state index contributed by atoms with van der Waals surface area (Å²) in [4.78, 5) is 29.2. The Bertz CT molecular complexity index is 1390. The van der Waals surface area contributed by atoms with Gasteiger partial charge >= 0.3 is 6.09 Å². The lowest BCUT2D eigenvalue weighted by Gasteiger charge is -2.52. The number of rotatable bonds is 5. The van der Waals surface area contributed by atoms with Gasteiger partial charge in [-0.1, -0.05) is 0 Å². The maximum atomic E-state index is 12.7. The van der Waals surface area contributed by atoms with Gasteiger partial charge in [0.25, 0.3) is 0 Å². The van der Waals surface area contributed by atoms with Crippen LogP contribution in [0.5, 0.6) is 0 Å². The Morgan fingerprint density at radius 3 is 2.48 bits per heavy atom. The van der Waals surface area contributed by atoms with Crippen molar-refractivity contribution >= 4 is 33.0 Å². The SMILES string of the molecule is CC(C)(C)OC(=O)N1CCOC2(CC(c3nc(C4CC4)cc4cnc(NC5CCN(S(C)(=O)=O)CC5)nc34)C2)C1. The second-order valence-corrected chi connectivity index (χ2v) is 14.9. The van der Waals surface area contributed by atoms with Crippen molar-refractivity contribution in [1.82, 2.24) is 24.2 Å². The first-order chi connectivity index (χ1) is 18.9. The molecule has 218 valence electrons. The number of nitrogens with one attached hydrogen (secondary N) is 1. The van der Waals surface area contributed by atoms with Crippen LogP contribution >= 0.6 is 0 Å². The van der Waals surface area contributed by atoms with Crippen LogP contribution in [0.15, 0.2) is 12.3 Å². The van der Waals surface area contributed by atoms with Crippen LogP contribution in [0.4, 0.5) is 10.7 Å². The van der Waals surface area contributed by atoms with E-state index in [1.165, 1.54) is 10.6 Å². The van der Waals surface area contributed by atoms with Gasteiger partial charge in [-0.15, -0.1) is 0 Å². The number of amides is 1. The Labute approximate surface area is 236 Å². The summed E-state index contributed by atoms with van der Waals surface area (Å²) >= 11 is 0. The van der Waals surface area contributed by atoms with E-state index in [2.05, 4.69) is 16.4 Å². The van der Waals surface area contributed by atoms with E-state index in [1.807, 2.05) is 27.0 Å². The molecule has 2 aromatic rings. The minimum atomic E-state index is -3.17.